The van der Waals surface area contributed by atoms with Crippen LogP contribution in [0, 0.1) is 5.82 Å². The van der Waals surface area contributed by atoms with Crippen molar-refractivity contribution in [2.24, 2.45) is 0 Å². The summed E-state index contributed by atoms with van der Waals surface area (Å²) in [5.74, 6) is -1.58. The fourth-order valence-corrected chi connectivity index (χ4v) is 4.45. The average Bonchev–Trinajstić information content (AvgIpc) is 2.77. The maximum Gasteiger partial charge on any atom is 0.244 e. The first-order valence-corrected chi connectivity index (χ1v) is 13.3. The van der Waals surface area contributed by atoms with Crippen LogP contribution >= 0.6 is 11.6 Å². The molecule has 1 N–H and O–H groups in total. The van der Waals surface area contributed by atoms with E-state index < -0.39 is 34.3 Å². The highest BCUT2D eigenvalue weighted by Gasteiger charge is 2.32. The highest BCUT2D eigenvalue weighted by atomic mass is 35.5. The molecule has 0 spiro atoms. The fraction of sp³-hybridized carbons (Fsp3) is 0.417. The fourth-order valence-electron chi connectivity index (χ4n) is 3.42. The van der Waals surface area contributed by atoms with Crippen LogP contribution in [0.3, 0.4) is 0 Å². The summed E-state index contributed by atoms with van der Waals surface area (Å²) in [7, 11) is -3.93. The summed E-state index contributed by atoms with van der Waals surface area (Å²) in [6.07, 6.45) is 1.95. The third-order valence-electron chi connectivity index (χ3n) is 5.46. The predicted octanol–water partition coefficient (Wildman–Crippen LogP) is 3.97. The van der Waals surface area contributed by atoms with Crippen LogP contribution in [-0.2, 0) is 26.2 Å². The van der Waals surface area contributed by atoms with Crippen LogP contribution in [0.5, 0.6) is 0 Å². The summed E-state index contributed by atoms with van der Waals surface area (Å²) in [5, 5.41) is 3.31. The number of rotatable bonds is 11. The molecular formula is C24H31ClFN3O4S. The smallest absolute Gasteiger partial charge is 0.244 e. The van der Waals surface area contributed by atoms with Gasteiger partial charge in [-0.3, -0.25) is 13.9 Å². The van der Waals surface area contributed by atoms with Crippen molar-refractivity contribution >= 4 is 39.1 Å². The molecule has 0 aromatic heterocycles. The zero-order valence-corrected chi connectivity index (χ0v) is 21.4. The van der Waals surface area contributed by atoms with Crippen LogP contribution in [0.1, 0.15) is 39.2 Å². The van der Waals surface area contributed by atoms with Crippen LogP contribution in [0.2, 0.25) is 5.02 Å². The lowest BCUT2D eigenvalue weighted by Gasteiger charge is -2.33. The highest BCUT2D eigenvalue weighted by Crippen LogP contribution is 2.22. The zero-order chi connectivity index (χ0) is 25.5. The van der Waals surface area contributed by atoms with E-state index in [1.165, 1.54) is 23.1 Å². The Balaban J connectivity index is 2.45. The molecule has 2 amide bonds. The second-order valence-electron chi connectivity index (χ2n) is 8.10. The molecule has 0 saturated heterocycles. The topological polar surface area (TPSA) is 86.8 Å². The van der Waals surface area contributed by atoms with Gasteiger partial charge < -0.3 is 10.2 Å². The molecule has 2 aromatic rings. The molecule has 186 valence electrons. The highest BCUT2D eigenvalue weighted by molar-refractivity contribution is 7.92. The molecule has 0 bridgehead atoms. The van der Waals surface area contributed by atoms with Crippen LogP contribution in [0.25, 0.3) is 0 Å². The van der Waals surface area contributed by atoms with Gasteiger partial charge in [-0.15, -0.1) is 0 Å². The zero-order valence-electron chi connectivity index (χ0n) is 19.8. The Bertz CT molecular complexity index is 1110. The number of nitrogens with zero attached hydrogens (tertiary/aromatic N) is 2. The van der Waals surface area contributed by atoms with E-state index in [0.717, 1.165) is 16.6 Å². The normalized spacial score (nSPS) is 13.1. The van der Waals surface area contributed by atoms with Crippen LogP contribution < -0.4 is 9.62 Å². The van der Waals surface area contributed by atoms with Crippen molar-refractivity contribution in [3.8, 4) is 0 Å². The lowest BCUT2D eigenvalue weighted by Crippen LogP contribution is -2.53. The Kier molecular flexibility index (Phi) is 9.88. The number of sulfonamides is 1. The third-order valence-corrected chi connectivity index (χ3v) is 6.97. The van der Waals surface area contributed by atoms with E-state index >= 15 is 0 Å². The standard InChI is InChI=1S/C24H31ClFN3O4S/c1-5-17(3)27-24(31)22(6-2)28(15-18-10-7-8-13-21(18)25)23(30)16-29(34(4,32)33)20-12-9-11-19(26)14-20/h7-14,17,22H,5-6,15-16H2,1-4H3,(H,27,31)/t17-,22-/m1/s1. The van der Waals surface area contributed by atoms with Crippen molar-refractivity contribution in [2.75, 3.05) is 17.1 Å². The lowest BCUT2D eigenvalue weighted by molar-refractivity contribution is -0.140. The quantitative estimate of drug-likeness (QED) is 0.494. The number of nitrogens with one attached hydrogen (secondary N) is 1. The SMILES string of the molecule is CC[C@@H](C)NC(=O)[C@@H](CC)N(Cc1ccccc1Cl)C(=O)CN(c1cccc(F)c1)S(C)(=O)=O. The molecule has 2 aromatic carbocycles. The number of amides is 2. The minimum atomic E-state index is -3.93. The van der Waals surface area contributed by atoms with E-state index in [-0.39, 0.29) is 24.2 Å². The number of halogens is 2. The molecule has 0 aliphatic carbocycles. The second kappa shape index (κ2) is 12.2. The van der Waals surface area contributed by atoms with Crippen LogP contribution in [0.15, 0.2) is 48.5 Å². The first-order valence-electron chi connectivity index (χ1n) is 11.0. The minimum absolute atomic E-state index is 0.00565. The molecule has 0 unspecified atom stereocenters. The van der Waals surface area contributed by atoms with Gasteiger partial charge in [0.1, 0.15) is 18.4 Å². The Labute approximate surface area is 205 Å². The van der Waals surface area contributed by atoms with Crippen molar-refractivity contribution in [3.05, 3.63) is 64.9 Å². The molecule has 0 aliphatic heterocycles. The number of carbonyl (C=O) groups excluding carboxylic acids is 2. The number of carbonyl (C=O) groups is 2. The lowest BCUT2D eigenvalue weighted by atomic mass is 10.1. The van der Waals surface area contributed by atoms with Gasteiger partial charge in [0, 0.05) is 17.6 Å². The molecule has 10 heteroatoms. The van der Waals surface area contributed by atoms with Crippen molar-refractivity contribution in [3.63, 3.8) is 0 Å². The van der Waals surface area contributed by atoms with E-state index in [9.17, 15) is 22.4 Å². The monoisotopic (exact) mass is 511 g/mol. The van der Waals surface area contributed by atoms with Crippen molar-refractivity contribution in [2.45, 2.75) is 52.2 Å². The average molecular weight is 512 g/mol. The Hall–Kier alpha value is -2.65. The second-order valence-corrected chi connectivity index (χ2v) is 10.4. The summed E-state index contributed by atoms with van der Waals surface area (Å²) in [4.78, 5) is 27.9. The third kappa shape index (κ3) is 7.43. The molecule has 0 saturated carbocycles. The van der Waals surface area contributed by atoms with Gasteiger partial charge in [-0.25, -0.2) is 12.8 Å². The van der Waals surface area contributed by atoms with Gasteiger partial charge >= 0.3 is 0 Å². The molecule has 0 radical (unpaired) electrons. The number of anilines is 1. The molecular weight excluding hydrogens is 481 g/mol. The van der Waals surface area contributed by atoms with E-state index in [2.05, 4.69) is 5.32 Å². The number of hydrogen-bond donors (Lipinski definition) is 1. The Morgan fingerprint density at radius 2 is 1.76 bits per heavy atom. The van der Waals surface area contributed by atoms with Gasteiger partial charge in [0.15, 0.2) is 0 Å². The molecule has 34 heavy (non-hydrogen) atoms. The van der Waals surface area contributed by atoms with Crippen molar-refractivity contribution in [1.82, 2.24) is 10.2 Å². The first kappa shape index (κ1) is 27.6. The van der Waals surface area contributed by atoms with Crippen LogP contribution in [-0.4, -0.2) is 50.0 Å². The maximum atomic E-state index is 13.8. The van der Waals surface area contributed by atoms with Gasteiger partial charge in [-0.2, -0.15) is 0 Å². The maximum absolute atomic E-state index is 13.8. The van der Waals surface area contributed by atoms with E-state index in [4.69, 9.17) is 11.6 Å². The van der Waals surface area contributed by atoms with Crippen molar-refractivity contribution in [1.29, 1.82) is 0 Å². The summed E-state index contributed by atoms with van der Waals surface area (Å²) in [6, 6.07) is 11.0. The number of benzene rings is 2. The Morgan fingerprint density at radius 1 is 1.09 bits per heavy atom. The summed E-state index contributed by atoms with van der Waals surface area (Å²) < 4.78 is 39.6. The summed E-state index contributed by atoms with van der Waals surface area (Å²) in [6.45, 7) is 4.97. The summed E-state index contributed by atoms with van der Waals surface area (Å²) in [5.41, 5.74) is 0.634. The van der Waals surface area contributed by atoms with Gasteiger partial charge in [0.2, 0.25) is 21.8 Å². The minimum Gasteiger partial charge on any atom is -0.352 e. The Morgan fingerprint density at radius 3 is 2.32 bits per heavy atom. The molecule has 7 nitrogen and oxygen atoms in total. The van der Waals surface area contributed by atoms with E-state index in [1.54, 1.807) is 31.2 Å². The van der Waals surface area contributed by atoms with Crippen LogP contribution in [0.4, 0.5) is 10.1 Å². The molecule has 2 atom stereocenters. The van der Waals surface area contributed by atoms with Crippen molar-refractivity contribution < 1.29 is 22.4 Å². The molecule has 0 heterocycles. The molecule has 2 rings (SSSR count). The van der Waals surface area contributed by atoms with E-state index in [0.29, 0.717) is 23.4 Å². The first-order chi connectivity index (χ1) is 16.0. The molecule has 0 fully saturated rings. The predicted molar refractivity (Wildman–Crippen MR) is 133 cm³/mol. The van der Waals surface area contributed by atoms with Gasteiger partial charge in [0.25, 0.3) is 0 Å². The largest absolute Gasteiger partial charge is 0.352 e. The molecule has 0 aliphatic rings. The van der Waals surface area contributed by atoms with Gasteiger partial charge in [0.05, 0.1) is 11.9 Å². The van der Waals surface area contributed by atoms with Gasteiger partial charge in [-0.1, -0.05) is 49.7 Å². The van der Waals surface area contributed by atoms with E-state index in [1.807, 2.05) is 13.8 Å². The number of hydrogen-bond acceptors (Lipinski definition) is 4. The van der Waals surface area contributed by atoms with Gasteiger partial charge in [-0.05, 0) is 49.6 Å². The summed E-state index contributed by atoms with van der Waals surface area (Å²) >= 11 is 6.31.